The van der Waals surface area contributed by atoms with Gasteiger partial charge in [-0.05, 0) is 42.7 Å². The molecule has 3 N–H and O–H groups in total. The van der Waals surface area contributed by atoms with Crippen molar-refractivity contribution < 1.29 is 4.79 Å². The minimum absolute atomic E-state index is 0.0253. The van der Waals surface area contributed by atoms with E-state index < -0.39 is 0 Å². The standard InChI is InChI=1S/C18H28N2O/c1-12-7-5-6-8-15(12)16(18(2,3)4)20-17(21)13-9-10-14(19)11-13/h5-8,13-14,16H,9-11,19H2,1-4H3,(H,20,21). The quantitative estimate of drug-likeness (QED) is 0.896. The smallest absolute Gasteiger partial charge is 0.223 e. The Balaban J connectivity index is 2.18. The number of amides is 1. The Kier molecular flexibility index (Phi) is 4.72. The summed E-state index contributed by atoms with van der Waals surface area (Å²) in [6, 6.07) is 8.52. The van der Waals surface area contributed by atoms with Crippen molar-refractivity contribution in [2.45, 2.75) is 59.0 Å². The Morgan fingerprint density at radius 2 is 1.95 bits per heavy atom. The summed E-state index contributed by atoms with van der Waals surface area (Å²) in [7, 11) is 0. The highest BCUT2D eigenvalue weighted by Gasteiger charge is 2.33. The van der Waals surface area contributed by atoms with E-state index in [4.69, 9.17) is 5.73 Å². The molecule has 0 aliphatic heterocycles. The largest absolute Gasteiger partial charge is 0.349 e. The zero-order chi connectivity index (χ0) is 15.6. The fraction of sp³-hybridized carbons (Fsp3) is 0.611. The van der Waals surface area contributed by atoms with Gasteiger partial charge in [0.1, 0.15) is 0 Å². The summed E-state index contributed by atoms with van der Waals surface area (Å²) in [6.07, 6.45) is 2.69. The minimum Gasteiger partial charge on any atom is -0.349 e. The lowest BCUT2D eigenvalue weighted by Gasteiger charge is -2.34. The van der Waals surface area contributed by atoms with E-state index in [1.165, 1.54) is 11.1 Å². The summed E-state index contributed by atoms with van der Waals surface area (Å²) in [6.45, 7) is 8.62. The lowest BCUT2D eigenvalue weighted by Crippen LogP contribution is -2.40. The molecule has 1 amide bonds. The molecular formula is C18H28N2O. The summed E-state index contributed by atoms with van der Waals surface area (Å²) >= 11 is 0. The van der Waals surface area contributed by atoms with Crippen LogP contribution in [0.3, 0.4) is 0 Å². The molecule has 116 valence electrons. The number of hydrogen-bond acceptors (Lipinski definition) is 2. The van der Waals surface area contributed by atoms with Gasteiger partial charge in [-0.3, -0.25) is 4.79 Å². The Morgan fingerprint density at radius 3 is 2.48 bits per heavy atom. The number of benzene rings is 1. The molecule has 1 aliphatic carbocycles. The van der Waals surface area contributed by atoms with Crippen molar-refractivity contribution in [1.82, 2.24) is 5.32 Å². The average Bonchev–Trinajstić information content (AvgIpc) is 2.82. The third-order valence-electron chi connectivity index (χ3n) is 4.50. The molecule has 1 aliphatic rings. The third-order valence-corrected chi connectivity index (χ3v) is 4.50. The van der Waals surface area contributed by atoms with Crippen LogP contribution in [-0.4, -0.2) is 11.9 Å². The van der Waals surface area contributed by atoms with Crippen molar-refractivity contribution in [2.24, 2.45) is 17.1 Å². The zero-order valence-corrected chi connectivity index (χ0v) is 13.6. The number of aryl methyl sites for hydroxylation is 1. The summed E-state index contributed by atoms with van der Waals surface area (Å²) in [5.74, 6) is 0.236. The van der Waals surface area contributed by atoms with Crippen LogP contribution in [0, 0.1) is 18.3 Å². The van der Waals surface area contributed by atoms with Gasteiger partial charge >= 0.3 is 0 Å². The normalized spacial score (nSPS) is 23.9. The van der Waals surface area contributed by atoms with E-state index in [2.05, 4.69) is 45.1 Å². The maximum Gasteiger partial charge on any atom is 0.223 e. The lowest BCUT2D eigenvalue weighted by molar-refractivity contribution is -0.126. The second-order valence-corrected chi connectivity index (χ2v) is 7.43. The van der Waals surface area contributed by atoms with Crippen LogP contribution in [0.5, 0.6) is 0 Å². The SMILES string of the molecule is Cc1ccccc1C(NC(=O)C1CCC(N)C1)C(C)(C)C. The molecule has 2 rings (SSSR count). The number of nitrogens with one attached hydrogen (secondary N) is 1. The molecule has 3 atom stereocenters. The lowest BCUT2D eigenvalue weighted by atomic mass is 9.80. The Hall–Kier alpha value is -1.35. The predicted molar refractivity (Wildman–Crippen MR) is 86.8 cm³/mol. The van der Waals surface area contributed by atoms with E-state index in [1.807, 2.05) is 12.1 Å². The van der Waals surface area contributed by atoms with Gasteiger partial charge in [-0.1, -0.05) is 45.0 Å². The minimum atomic E-state index is -0.0253. The van der Waals surface area contributed by atoms with Gasteiger partial charge in [-0.15, -0.1) is 0 Å². The van der Waals surface area contributed by atoms with E-state index >= 15 is 0 Å². The summed E-state index contributed by atoms with van der Waals surface area (Å²) in [4.78, 5) is 12.6. The van der Waals surface area contributed by atoms with Crippen molar-refractivity contribution in [3.8, 4) is 0 Å². The van der Waals surface area contributed by atoms with Crippen molar-refractivity contribution in [1.29, 1.82) is 0 Å². The number of rotatable bonds is 3. The molecule has 0 saturated heterocycles. The van der Waals surface area contributed by atoms with Crippen LogP contribution >= 0.6 is 0 Å². The molecule has 1 aromatic carbocycles. The molecule has 21 heavy (non-hydrogen) atoms. The van der Waals surface area contributed by atoms with Crippen LogP contribution in [0.4, 0.5) is 0 Å². The van der Waals surface area contributed by atoms with Crippen LogP contribution in [0.2, 0.25) is 0 Å². The molecule has 3 nitrogen and oxygen atoms in total. The van der Waals surface area contributed by atoms with Gasteiger partial charge in [-0.25, -0.2) is 0 Å². The molecule has 0 spiro atoms. The fourth-order valence-electron chi connectivity index (χ4n) is 3.19. The first-order chi connectivity index (χ1) is 9.79. The molecule has 1 saturated carbocycles. The van der Waals surface area contributed by atoms with E-state index in [0.717, 1.165) is 19.3 Å². The Morgan fingerprint density at radius 1 is 1.29 bits per heavy atom. The van der Waals surface area contributed by atoms with Crippen LogP contribution in [0.1, 0.15) is 57.2 Å². The van der Waals surface area contributed by atoms with Crippen molar-refractivity contribution in [2.75, 3.05) is 0 Å². The third kappa shape index (κ3) is 3.85. The van der Waals surface area contributed by atoms with E-state index in [1.54, 1.807) is 0 Å². The molecule has 3 heteroatoms. The number of nitrogens with two attached hydrogens (primary N) is 1. The van der Waals surface area contributed by atoms with Gasteiger partial charge in [0.25, 0.3) is 0 Å². The fourth-order valence-corrected chi connectivity index (χ4v) is 3.19. The van der Waals surface area contributed by atoms with Crippen LogP contribution < -0.4 is 11.1 Å². The van der Waals surface area contributed by atoms with E-state index in [9.17, 15) is 4.79 Å². The molecule has 3 unspecified atom stereocenters. The Bertz CT molecular complexity index is 504. The van der Waals surface area contributed by atoms with Gasteiger partial charge in [0.05, 0.1) is 6.04 Å². The monoisotopic (exact) mass is 288 g/mol. The second kappa shape index (κ2) is 6.18. The average molecular weight is 288 g/mol. The van der Waals surface area contributed by atoms with Gasteiger partial charge in [-0.2, -0.15) is 0 Å². The van der Waals surface area contributed by atoms with E-state index in [0.29, 0.717) is 0 Å². The molecule has 0 heterocycles. The first-order valence-electron chi connectivity index (χ1n) is 7.90. The molecule has 1 fully saturated rings. The van der Waals surface area contributed by atoms with Gasteiger partial charge < -0.3 is 11.1 Å². The van der Waals surface area contributed by atoms with Gasteiger partial charge in [0.15, 0.2) is 0 Å². The highest BCUT2D eigenvalue weighted by Crippen LogP contribution is 2.35. The van der Waals surface area contributed by atoms with Crippen LogP contribution in [-0.2, 0) is 4.79 Å². The van der Waals surface area contributed by atoms with Gasteiger partial charge in [0.2, 0.25) is 5.91 Å². The van der Waals surface area contributed by atoms with Crippen LogP contribution in [0.25, 0.3) is 0 Å². The number of carbonyl (C=O) groups is 1. The predicted octanol–water partition coefficient (Wildman–Crippen LogP) is 3.33. The summed E-state index contributed by atoms with van der Waals surface area (Å²) in [5, 5.41) is 3.28. The molecule has 1 aromatic rings. The van der Waals surface area contributed by atoms with Crippen molar-refractivity contribution >= 4 is 5.91 Å². The number of carbonyl (C=O) groups excluding carboxylic acids is 1. The molecule has 0 aromatic heterocycles. The highest BCUT2D eigenvalue weighted by atomic mass is 16.2. The highest BCUT2D eigenvalue weighted by molar-refractivity contribution is 5.79. The van der Waals surface area contributed by atoms with Crippen molar-refractivity contribution in [3.63, 3.8) is 0 Å². The first-order valence-corrected chi connectivity index (χ1v) is 7.90. The molecule has 0 bridgehead atoms. The maximum atomic E-state index is 12.6. The number of hydrogen-bond donors (Lipinski definition) is 2. The van der Waals surface area contributed by atoms with E-state index in [-0.39, 0.29) is 29.3 Å². The van der Waals surface area contributed by atoms with Crippen molar-refractivity contribution in [3.05, 3.63) is 35.4 Å². The summed E-state index contributed by atoms with van der Waals surface area (Å²) < 4.78 is 0. The zero-order valence-electron chi connectivity index (χ0n) is 13.6. The Labute approximate surface area is 128 Å². The molecular weight excluding hydrogens is 260 g/mol. The van der Waals surface area contributed by atoms with Gasteiger partial charge in [0, 0.05) is 12.0 Å². The summed E-state index contributed by atoms with van der Waals surface area (Å²) in [5.41, 5.74) is 8.34. The maximum absolute atomic E-state index is 12.6. The second-order valence-electron chi connectivity index (χ2n) is 7.43. The first kappa shape index (κ1) is 16.0. The van der Waals surface area contributed by atoms with Crippen LogP contribution in [0.15, 0.2) is 24.3 Å². The topological polar surface area (TPSA) is 55.1 Å². The molecule has 0 radical (unpaired) electrons.